The molecule has 0 aliphatic carbocycles. The lowest BCUT2D eigenvalue weighted by Gasteiger charge is -2.18. The summed E-state index contributed by atoms with van der Waals surface area (Å²) in [7, 11) is 0. The number of nitrogens with one attached hydrogen (secondary N) is 3. The Balaban J connectivity index is 2.11. The van der Waals surface area contributed by atoms with Crippen molar-refractivity contribution in [2.24, 2.45) is 10.7 Å². The van der Waals surface area contributed by atoms with E-state index < -0.39 is 6.04 Å². The zero-order valence-corrected chi connectivity index (χ0v) is 13.3. The SMILES string of the molecule is NC1=N[C@@H]([C@@H]2CCNC(=O)c3[nH]c(Br)c(Br)c32)C(=O)N1. The van der Waals surface area contributed by atoms with Crippen molar-refractivity contribution in [2.75, 3.05) is 6.54 Å². The van der Waals surface area contributed by atoms with Crippen LogP contribution in [0.3, 0.4) is 0 Å². The molecule has 20 heavy (non-hydrogen) atoms. The minimum atomic E-state index is -0.611. The average Bonchev–Trinajstić information content (AvgIpc) is 2.81. The fraction of sp³-hybridized carbons (Fsp3) is 0.364. The number of nitrogens with zero attached hydrogens (tertiary/aromatic N) is 1. The molecule has 3 heterocycles. The highest BCUT2D eigenvalue weighted by Gasteiger charge is 2.39. The molecule has 2 aliphatic rings. The fourth-order valence-electron chi connectivity index (χ4n) is 2.59. The molecule has 106 valence electrons. The van der Waals surface area contributed by atoms with Gasteiger partial charge in [0.15, 0.2) is 5.96 Å². The summed E-state index contributed by atoms with van der Waals surface area (Å²) in [4.78, 5) is 31.1. The molecule has 7 nitrogen and oxygen atoms in total. The molecule has 0 saturated carbocycles. The molecule has 2 amide bonds. The molecule has 0 saturated heterocycles. The Morgan fingerprint density at radius 3 is 2.70 bits per heavy atom. The summed E-state index contributed by atoms with van der Waals surface area (Å²) in [6.07, 6.45) is 0.608. The van der Waals surface area contributed by atoms with Crippen LogP contribution in [-0.4, -0.2) is 35.3 Å². The minimum Gasteiger partial charge on any atom is -0.370 e. The Hall–Kier alpha value is -1.35. The summed E-state index contributed by atoms with van der Waals surface area (Å²) in [5.74, 6) is -0.529. The van der Waals surface area contributed by atoms with Gasteiger partial charge >= 0.3 is 0 Å². The molecule has 0 radical (unpaired) electrons. The zero-order chi connectivity index (χ0) is 14.4. The van der Waals surface area contributed by atoms with Crippen molar-refractivity contribution in [1.29, 1.82) is 0 Å². The van der Waals surface area contributed by atoms with E-state index in [0.29, 0.717) is 23.3 Å². The van der Waals surface area contributed by atoms with Crippen LogP contribution in [0.1, 0.15) is 28.4 Å². The van der Waals surface area contributed by atoms with Gasteiger partial charge in [-0.15, -0.1) is 0 Å². The predicted molar refractivity (Wildman–Crippen MR) is 79.4 cm³/mol. The number of nitrogens with two attached hydrogens (primary N) is 1. The predicted octanol–water partition coefficient (Wildman–Crippen LogP) is 0.570. The number of halogens is 2. The highest BCUT2D eigenvalue weighted by molar-refractivity contribution is 9.13. The number of aromatic nitrogens is 1. The van der Waals surface area contributed by atoms with Gasteiger partial charge in [-0.3, -0.25) is 14.9 Å². The lowest BCUT2D eigenvalue weighted by Crippen LogP contribution is -2.35. The van der Waals surface area contributed by atoms with Crippen LogP contribution in [-0.2, 0) is 4.79 Å². The number of fused-ring (bicyclic) bond motifs is 1. The highest BCUT2D eigenvalue weighted by atomic mass is 79.9. The number of rotatable bonds is 1. The molecule has 0 spiro atoms. The Morgan fingerprint density at radius 2 is 2.05 bits per heavy atom. The summed E-state index contributed by atoms with van der Waals surface area (Å²) >= 11 is 6.80. The van der Waals surface area contributed by atoms with Gasteiger partial charge in [-0.1, -0.05) is 0 Å². The van der Waals surface area contributed by atoms with Crippen molar-refractivity contribution in [3.63, 3.8) is 0 Å². The van der Waals surface area contributed by atoms with Crippen LogP contribution in [0.25, 0.3) is 0 Å². The van der Waals surface area contributed by atoms with Crippen molar-refractivity contribution in [3.05, 3.63) is 20.3 Å². The number of hydrogen-bond acceptors (Lipinski definition) is 4. The molecule has 1 aromatic rings. The van der Waals surface area contributed by atoms with Crippen molar-refractivity contribution < 1.29 is 9.59 Å². The second-order valence-electron chi connectivity index (χ2n) is 4.64. The van der Waals surface area contributed by atoms with Crippen LogP contribution in [0.5, 0.6) is 0 Å². The molecule has 5 N–H and O–H groups in total. The van der Waals surface area contributed by atoms with Gasteiger partial charge in [0.1, 0.15) is 11.7 Å². The van der Waals surface area contributed by atoms with E-state index in [-0.39, 0.29) is 23.7 Å². The first-order valence-electron chi connectivity index (χ1n) is 5.98. The molecule has 1 aromatic heterocycles. The van der Waals surface area contributed by atoms with E-state index >= 15 is 0 Å². The normalized spacial score (nSPS) is 25.6. The van der Waals surface area contributed by atoms with E-state index in [1.54, 1.807) is 0 Å². The van der Waals surface area contributed by atoms with Gasteiger partial charge in [0.2, 0.25) is 0 Å². The third kappa shape index (κ3) is 2.05. The summed E-state index contributed by atoms with van der Waals surface area (Å²) < 4.78 is 1.41. The van der Waals surface area contributed by atoms with Crippen LogP contribution in [0.4, 0.5) is 0 Å². The summed E-state index contributed by atoms with van der Waals surface area (Å²) in [6, 6.07) is -0.611. The number of aliphatic imine (C=N–C) groups is 1. The van der Waals surface area contributed by atoms with E-state index in [2.05, 4.69) is 52.5 Å². The van der Waals surface area contributed by atoms with Gasteiger partial charge in [-0.25, -0.2) is 4.99 Å². The molecule has 9 heteroatoms. The van der Waals surface area contributed by atoms with Crippen LogP contribution in [0, 0.1) is 0 Å². The summed E-state index contributed by atoms with van der Waals surface area (Å²) in [5, 5.41) is 5.30. The molecule has 0 unspecified atom stereocenters. The Morgan fingerprint density at radius 1 is 1.30 bits per heavy atom. The second-order valence-corrected chi connectivity index (χ2v) is 6.23. The van der Waals surface area contributed by atoms with E-state index in [4.69, 9.17) is 5.73 Å². The molecule has 0 aromatic carbocycles. The lowest BCUT2D eigenvalue weighted by molar-refractivity contribution is -0.120. The van der Waals surface area contributed by atoms with Crippen molar-refractivity contribution >= 4 is 49.6 Å². The van der Waals surface area contributed by atoms with Crippen molar-refractivity contribution in [3.8, 4) is 0 Å². The molecular formula is C11H11Br2N5O2. The van der Waals surface area contributed by atoms with Crippen molar-refractivity contribution in [2.45, 2.75) is 18.4 Å². The number of H-pyrrole nitrogens is 1. The maximum atomic E-state index is 12.0. The Kier molecular flexibility index (Phi) is 3.33. The molecular weight excluding hydrogens is 394 g/mol. The van der Waals surface area contributed by atoms with Crippen molar-refractivity contribution in [1.82, 2.24) is 15.6 Å². The standard InChI is InChI=1S/C11H11Br2N5O2/c12-5-4-3(6-10(20)18-11(14)17-6)1-2-15-9(19)7(4)16-8(5)13/h3,6,16H,1-2H2,(H,15,19)(H3,14,17,18,20)/t3-,6+/m1/s1. The maximum Gasteiger partial charge on any atom is 0.268 e. The fourth-order valence-corrected chi connectivity index (χ4v) is 3.59. The average molecular weight is 405 g/mol. The van der Waals surface area contributed by atoms with E-state index in [0.717, 1.165) is 10.0 Å². The summed E-state index contributed by atoms with van der Waals surface area (Å²) in [6.45, 7) is 0.481. The minimum absolute atomic E-state index is 0.121. The largest absolute Gasteiger partial charge is 0.370 e. The number of aromatic amines is 1. The van der Waals surface area contributed by atoms with Crippen LogP contribution >= 0.6 is 31.9 Å². The Bertz CT molecular complexity index is 639. The molecule has 2 atom stereocenters. The molecule has 2 aliphatic heterocycles. The third-order valence-electron chi connectivity index (χ3n) is 3.45. The first kappa shape index (κ1) is 13.6. The number of guanidine groups is 1. The van der Waals surface area contributed by atoms with E-state index in [9.17, 15) is 9.59 Å². The van der Waals surface area contributed by atoms with E-state index in [1.165, 1.54) is 0 Å². The summed E-state index contributed by atoms with van der Waals surface area (Å²) in [5.41, 5.74) is 6.76. The van der Waals surface area contributed by atoms with Crippen LogP contribution in [0.2, 0.25) is 0 Å². The highest BCUT2D eigenvalue weighted by Crippen LogP contribution is 2.40. The van der Waals surface area contributed by atoms with Gasteiger partial charge in [0.05, 0.1) is 9.08 Å². The maximum absolute atomic E-state index is 12.0. The Labute approximate surface area is 131 Å². The molecule has 3 rings (SSSR count). The zero-order valence-electron chi connectivity index (χ0n) is 10.2. The van der Waals surface area contributed by atoms with Crippen LogP contribution < -0.4 is 16.4 Å². The number of amides is 2. The van der Waals surface area contributed by atoms with Gasteiger partial charge in [-0.05, 0) is 38.3 Å². The van der Waals surface area contributed by atoms with E-state index in [1.807, 2.05) is 0 Å². The smallest absolute Gasteiger partial charge is 0.268 e. The first-order chi connectivity index (χ1) is 9.49. The second kappa shape index (κ2) is 4.88. The van der Waals surface area contributed by atoms with Crippen LogP contribution in [0.15, 0.2) is 14.1 Å². The van der Waals surface area contributed by atoms with Gasteiger partial charge in [0.25, 0.3) is 11.8 Å². The lowest BCUT2D eigenvalue weighted by atomic mass is 9.89. The monoisotopic (exact) mass is 403 g/mol. The number of carbonyl (C=O) groups excluding carboxylic acids is 2. The molecule has 0 bridgehead atoms. The van der Waals surface area contributed by atoms with Gasteiger partial charge in [0, 0.05) is 18.0 Å². The van der Waals surface area contributed by atoms with Gasteiger partial charge < -0.3 is 16.0 Å². The number of carbonyl (C=O) groups is 2. The molecule has 0 fully saturated rings. The third-order valence-corrected chi connectivity index (χ3v) is 5.40. The van der Waals surface area contributed by atoms with Gasteiger partial charge in [-0.2, -0.15) is 0 Å². The quantitative estimate of drug-likeness (QED) is 0.548. The number of hydrogen-bond donors (Lipinski definition) is 4. The topological polar surface area (TPSA) is 112 Å². The first-order valence-corrected chi connectivity index (χ1v) is 7.57.